The van der Waals surface area contributed by atoms with E-state index >= 15 is 0 Å². The number of aromatic nitrogens is 3. The van der Waals surface area contributed by atoms with Gasteiger partial charge in [-0.1, -0.05) is 11.6 Å². The summed E-state index contributed by atoms with van der Waals surface area (Å²) in [5.74, 6) is 0.288. The van der Waals surface area contributed by atoms with Gasteiger partial charge in [0.15, 0.2) is 0 Å². The van der Waals surface area contributed by atoms with Crippen LogP contribution in [0.2, 0.25) is 5.02 Å². The smallest absolute Gasteiger partial charge is 0.417 e. The van der Waals surface area contributed by atoms with E-state index in [0.29, 0.717) is 11.3 Å². The van der Waals surface area contributed by atoms with Gasteiger partial charge in [-0.25, -0.2) is 4.79 Å². The zero-order valence-electron chi connectivity index (χ0n) is 17.8. The molecule has 0 saturated heterocycles. The molecule has 0 bridgehead atoms. The first-order chi connectivity index (χ1) is 16.2. The number of ether oxygens (including phenoxy) is 2. The minimum Gasteiger partial charge on any atom is -0.471 e. The lowest BCUT2D eigenvalue weighted by molar-refractivity contribution is -0.137. The third-order valence-corrected chi connectivity index (χ3v) is 4.68. The molecule has 0 spiro atoms. The zero-order valence-corrected chi connectivity index (χ0v) is 18.5. The van der Waals surface area contributed by atoms with Crippen LogP contribution in [0.25, 0.3) is 0 Å². The molecule has 1 aromatic carbocycles. The van der Waals surface area contributed by atoms with E-state index in [1.54, 1.807) is 13.1 Å². The van der Waals surface area contributed by atoms with Gasteiger partial charge in [0, 0.05) is 37.3 Å². The second-order valence-corrected chi connectivity index (χ2v) is 7.23. The molecule has 0 aliphatic carbocycles. The number of aliphatic imine (C=N–C) groups is 1. The fraction of sp³-hybridized carbons (Fsp3) is 0.182. The average Bonchev–Trinajstić information content (AvgIpc) is 2.80. The molecule has 0 aliphatic heterocycles. The highest BCUT2D eigenvalue weighted by Crippen LogP contribution is 2.37. The molecule has 0 aliphatic rings. The number of pyridine rings is 1. The molecule has 3 rings (SSSR count). The first-order valence-electron chi connectivity index (χ1n) is 9.72. The lowest BCUT2D eigenvalue weighted by atomic mass is 10.2. The van der Waals surface area contributed by atoms with Crippen LogP contribution in [0.15, 0.2) is 70.4 Å². The lowest BCUT2D eigenvalue weighted by Gasteiger charge is -2.12. The molecule has 0 atom stereocenters. The number of alkyl halides is 3. The highest BCUT2D eigenvalue weighted by atomic mass is 35.5. The van der Waals surface area contributed by atoms with Crippen molar-refractivity contribution in [1.82, 2.24) is 14.5 Å². The third-order valence-electron chi connectivity index (χ3n) is 4.35. The summed E-state index contributed by atoms with van der Waals surface area (Å²) in [6, 6.07) is 7.86. The summed E-state index contributed by atoms with van der Waals surface area (Å²) in [6.45, 7) is 0.216. The maximum Gasteiger partial charge on any atom is 0.417 e. The molecule has 2 N–H and O–H groups in total. The third kappa shape index (κ3) is 6.58. The molecular formula is C22H19ClF3N5O3. The standard InChI is InChI=1S/C22H19ClF3N5O3/c1-28-10-14(9-27)12-31-7-6-20(30-21(31)32)33-13-15-2-3-17(11-29-15)34-16-4-5-19(23)18(8-16)22(24,25)26/h2-11H,12-13,27H2,1H3. The van der Waals surface area contributed by atoms with E-state index in [-0.39, 0.29) is 30.5 Å². The van der Waals surface area contributed by atoms with Crippen LogP contribution in [0.1, 0.15) is 11.3 Å². The molecule has 0 saturated carbocycles. The second-order valence-electron chi connectivity index (χ2n) is 6.82. The van der Waals surface area contributed by atoms with Crippen LogP contribution in [0.3, 0.4) is 0 Å². The molecule has 0 fully saturated rings. The second kappa shape index (κ2) is 10.8. The summed E-state index contributed by atoms with van der Waals surface area (Å²) in [7, 11) is 1.59. The lowest BCUT2D eigenvalue weighted by Crippen LogP contribution is -2.24. The first-order valence-corrected chi connectivity index (χ1v) is 10.1. The number of hydrogen-bond donors (Lipinski definition) is 1. The summed E-state index contributed by atoms with van der Waals surface area (Å²) in [5.41, 5.74) is 5.10. The summed E-state index contributed by atoms with van der Waals surface area (Å²) in [4.78, 5) is 24.0. The van der Waals surface area contributed by atoms with Crippen LogP contribution < -0.4 is 20.9 Å². The Morgan fingerprint density at radius 2 is 2.00 bits per heavy atom. The number of nitrogens with two attached hydrogens (primary N) is 1. The van der Waals surface area contributed by atoms with Gasteiger partial charge >= 0.3 is 11.9 Å². The Hall–Kier alpha value is -3.86. The molecule has 34 heavy (non-hydrogen) atoms. The fourth-order valence-corrected chi connectivity index (χ4v) is 2.96. The molecule has 2 heterocycles. The number of allylic oxidation sites excluding steroid dienone is 1. The van der Waals surface area contributed by atoms with Crippen LogP contribution in [0, 0.1) is 0 Å². The first kappa shape index (κ1) is 24.8. The maximum absolute atomic E-state index is 13.0. The minimum atomic E-state index is -4.60. The van der Waals surface area contributed by atoms with Gasteiger partial charge in [0.25, 0.3) is 0 Å². The monoisotopic (exact) mass is 493 g/mol. The van der Waals surface area contributed by atoms with Gasteiger partial charge in [-0.05, 0) is 30.3 Å². The van der Waals surface area contributed by atoms with Crippen molar-refractivity contribution in [3.63, 3.8) is 0 Å². The Morgan fingerprint density at radius 3 is 2.62 bits per heavy atom. The van der Waals surface area contributed by atoms with Crippen molar-refractivity contribution in [3.8, 4) is 17.4 Å². The number of rotatable bonds is 8. The van der Waals surface area contributed by atoms with Crippen LogP contribution in [-0.4, -0.2) is 27.8 Å². The van der Waals surface area contributed by atoms with Gasteiger partial charge in [-0.2, -0.15) is 18.2 Å². The number of nitrogens with zero attached hydrogens (tertiary/aromatic N) is 4. The maximum atomic E-state index is 13.0. The van der Waals surface area contributed by atoms with Gasteiger partial charge in [-0.3, -0.25) is 14.5 Å². The quantitative estimate of drug-likeness (QED) is 0.471. The van der Waals surface area contributed by atoms with Crippen LogP contribution >= 0.6 is 11.6 Å². The topological polar surface area (TPSA) is 105 Å². The Labute approximate surface area is 197 Å². The minimum absolute atomic E-state index is 0.00630. The van der Waals surface area contributed by atoms with Gasteiger partial charge in [0.1, 0.15) is 18.1 Å². The zero-order chi connectivity index (χ0) is 24.7. The van der Waals surface area contributed by atoms with Crippen molar-refractivity contribution in [3.05, 3.63) is 87.3 Å². The Balaban J connectivity index is 1.61. The van der Waals surface area contributed by atoms with E-state index in [2.05, 4.69) is 15.0 Å². The predicted molar refractivity (Wildman–Crippen MR) is 120 cm³/mol. The highest BCUT2D eigenvalue weighted by molar-refractivity contribution is 6.31. The molecule has 2 aromatic heterocycles. The van der Waals surface area contributed by atoms with E-state index in [0.717, 1.165) is 12.1 Å². The normalized spacial score (nSPS) is 12.2. The van der Waals surface area contributed by atoms with E-state index in [9.17, 15) is 18.0 Å². The summed E-state index contributed by atoms with van der Waals surface area (Å²) < 4.78 is 51.2. The Kier molecular flexibility index (Phi) is 7.90. The summed E-state index contributed by atoms with van der Waals surface area (Å²) in [6.07, 6.45) is 1.15. The summed E-state index contributed by atoms with van der Waals surface area (Å²) >= 11 is 5.61. The summed E-state index contributed by atoms with van der Waals surface area (Å²) in [5, 5.41) is -0.419. The Morgan fingerprint density at radius 1 is 1.24 bits per heavy atom. The molecule has 0 unspecified atom stereocenters. The van der Waals surface area contributed by atoms with E-state index < -0.39 is 22.5 Å². The van der Waals surface area contributed by atoms with Crippen molar-refractivity contribution < 1.29 is 22.6 Å². The van der Waals surface area contributed by atoms with Gasteiger partial charge < -0.3 is 15.2 Å². The Bertz CT molecular complexity index is 1260. The van der Waals surface area contributed by atoms with Crippen LogP contribution in [0.4, 0.5) is 13.2 Å². The van der Waals surface area contributed by atoms with Crippen molar-refractivity contribution in [2.45, 2.75) is 19.3 Å². The molecule has 0 amide bonds. The predicted octanol–water partition coefficient (Wildman–Crippen LogP) is 4.23. The number of benzene rings is 1. The molecule has 8 nitrogen and oxygen atoms in total. The van der Waals surface area contributed by atoms with Crippen molar-refractivity contribution >= 4 is 17.8 Å². The van der Waals surface area contributed by atoms with Crippen LogP contribution in [0.5, 0.6) is 17.4 Å². The van der Waals surface area contributed by atoms with Crippen molar-refractivity contribution in [1.29, 1.82) is 0 Å². The van der Waals surface area contributed by atoms with Crippen LogP contribution in [-0.2, 0) is 19.3 Å². The highest BCUT2D eigenvalue weighted by Gasteiger charge is 2.33. The fourth-order valence-electron chi connectivity index (χ4n) is 2.74. The van der Waals surface area contributed by atoms with Gasteiger partial charge in [-0.15, -0.1) is 0 Å². The van der Waals surface area contributed by atoms with Crippen molar-refractivity contribution in [2.24, 2.45) is 10.7 Å². The van der Waals surface area contributed by atoms with Gasteiger partial charge in [0.2, 0.25) is 5.88 Å². The SMILES string of the molecule is CN=CC(=CN)Cn1ccc(OCc2ccc(Oc3ccc(Cl)c(C(F)(F)F)c3)cn2)nc1=O. The molecule has 3 aromatic rings. The number of hydrogen-bond acceptors (Lipinski definition) is 7. The van der Waals surface area contributed by atoms with E-state index in [1.165, 1.54) is 47.6 Å². The average molecular weight is 494 g/mol. The van der Waals surface area contributed by atoms with Gasteiger partial charge in [0.05, 0.1) is 29.0 Å². The van der Waals surface area contributed by atoms with Crippen molar-refractivity contribution in [2.75, 3.05) is 7.05 Å². The molecule has 12 heteroatoms. The van der Waals surface area contributed by atoms with E-state index in [4.69, 9.17) is 26.8 Å². The molecular weight excluding hydrogens is 475 g/mol. The van der Waals surface area contributed by atoms with E-state index in [1.807, 2.05) is 0 Å². The largest absolute Gasteiger partial charge is 0.471 e. The number of halogens is 4. The molecule has 178 valence electrons. The molecule has 0 radical (unpaired) electrons.